The van der Waals surface area contributed by atoms with Crippen LogP contribution >= 0.6 is 0 Å². The van der Waals surface area contributed by atoms with Crippen LogP contribution in [0.1, 0.15) is 44.2 Å². The average molecular weight is 274 g/mol. The summed E-state index contributed by atoms with van der Waals surface area (Å²) < 4.78 is 0. The topological polar surface area (TPSA) is 66.7 Å². The van der Waals surface area contributed by atoms with E-state index in [1.54, 1.807) is 6.33 Å². The Bertz CT molecular complexity index is 418. The van der Waals surface area contributed by atoms with E-state index in [-0.39, 0.29) is 6.04 Å². The number of hydrogen-bond acceptors (Lipinski definition) is 3. The molecule has 110 valence electrons. The molecule has 1 aromatic rings. The normalized spacial score (nSPS) is 40.1. The van der Waals surface area contributed by atoms with E-state index < -0.39 is 0 Å². The highest BCUT2D eigenvalue weighted by Gasteiger charge is 2.50. The third kappa shape index (κ3) is 2.40. The van der Waals surface area contributed by atoms with Crippen LogP contribution in [-0.2, 0) is 6.42 Å². The predicted octanol–water partition coefficient (Wildman–Crippen LogP) is 1.84. The van der Waals surface area contributed by atoms with Crippen LogP contribution in [0.3, 0.4) is 0 Å². The summed E-state index contributed by atoms with van der Waals surface area (Å²) in [6, 6.07) is 0.184. The van der Waals surface area contributed by atoms with Crippen molar-refractivity contribution in [3.8, 4) is 0 Å². The van der Waals surface area contributed by atoms with Gasteiger partial charge in [0.2, 0.25) is 0 Å². The molecule has 4 saturated carbocycles. The van der Waals surface area contributed by atoms with Crippen LogP contribution in [0, 0.1) is 17.8 Å². The van der Waals surface area contributed by atoms with Crippen LogP contribution in [-0.4, -0.2) is 28.1 Å². The molecule has 0 unspecified atom stereocenters. The smallest absolute Gasteiger partial charge is 0.0921 e. The van der Waals surface area contributed by atoms with Crippen molar-refractivity contribution in [1.29, 1.82) is 0 Å². The summed E-state index contributed by atoms with van der Waals surface area (Å²) in [5.74, 6) is 2.99. The molecule has 0 aromatic carbocycles. The van der Waals surface area contributed by atoms with Gasteiger partial charge in [-0.3, -0.25) is 0 Å². The molecular weight excluding hydrogens is 248 g/mol. The zero-order valence-electron chi connectivity index (χ0n) is 12.1. The van der Waals surface area contributed by atoms with Gasteiger partial charge in [-0.2, -0.15) is 0 Å². The van der Waals surface area contributed by atoms with Gasteiger partial charge in [-0.1, -0.05) is 0 Å². The van der Waals surface area contributed by atoms with E-state index in [0.717, 1.165) is 36.4 Å². The summed E-state index contributed by atoms with van der Waals surface area (Å²) in [5.41, 5.74) is 7.86. The van der Waals surface area contributed by atoms with Gasteiger partial charge in [0, 0.05) is 36.4 Å². The molecule has 20 heavy (non-hydrogen) atoms. The largest absolute Gasteiger partial charge is 0.348 e. The first kappa shape index (κ1) is 12.8. The Morgan fingerprint density at radius 1 is 1.25 bits per heavy atom. The Morgan fingerprint density at radius 3 is 2.45 bits per heavy atom. The van der Waals surface area contributed by atoms with Gasteiger partial charge in [0.25, 0.3) is 0 Å². The Morgan fingerprint density at radius 2 is 1.90 bits per heavy atom. The molecule has 4 aliphatic rings. The highest BCUT2D eigenvalue weighted by molar-refractivity contribution is 5.07. The first-order chi connectivity index (χ1) is 9.71. The Hall–Kier alpha value is -0.870. The second-order valence-corrected chi connectivity index (χ2v) is 7.62. The van der Waals surface area contributed by atoms with Crippen molar-refractivity contribution in [2.45, 2.75) is 56.5 Å². The Kier molecular flexibility index (Phi) is 3.11. The lowest BCUT2D eigenvalue weighted by Crippen LogP contribution is -2.60. The fourth-order valence-corrected chi connectivity index (χ4v) is 5.43. The first-order valence-electron chi connectivity index (χ1n) is 8.19. The number of aromatic nitrogens is 2. The molecule has 4 bridgehead atoms. The monoisotopic (exact) mass is 274 g/mol. The maximum Gasteiger partial charge on any atom is 0.0921 e. The van der Waals surface area contributed by atoms with Gasteiger partial charge in [0.1, 0.15) is 0 Å². The summed E-state index contributed by atoms with van der Waals surface area (Å²) in [6.45, 7) is 0.936. The van der Waals surface area contributed by atoms with Crippen LogP contribution < -0.4 is 11.1 Å². The lowest BCUT2D eigenvalue weighted by molar-refractivity contribution is -0.0201. The molecule has 4 N–H and O–H groups in total. The quantitative estimate of drug-likeness (QED) is 0.767. The van der Waals surface area contributed by atoms with E-state index >= 15 is 0 Å². The molecule has 1 atom stereocenters. The van der Waals surface area contributed by atoms with Gasteiger partial charge >= 0.3 is 0 Å². The molecule has 0 radical (unpaired) electrons. The number of nitrogens with two attached hydrogens (primary N) is 1. The van der Waals surface area contributed by atoms with E-state index in [4.69, 9.17) is 5.73 Å². The summed E-state index contributed by atoms with van der Waals surface area (Å²) in [6.07, 6.45) is 13.2. The van der Waals surface area contributed by atoms with Crippen molar-refractivity contribution < 1.29 is 0 Å². The summed E-state index contributed by atoms with van der Waals surface area (Å²) in [5, 5.41) is 3.88. The van der Waals surface area contributed by atoms with Crippen LogP contribution in [0.25, 0.3) is 0 Å². The lowest BCUT2D eigenvalue weighted by Gasteiger charge is -2.57. The van der Waals surface area contributed by atoms with Crippen molar-refractivity contribution in [2.24, 2.45) is 23.5 Å². The SMILES string of the molecule is N[C@@H](CNC12CC3CC(CC(C3)C1)C2)Cc1cnc[nH]1. The van der Waals surface area contributed by atoms with E-state index in [2.05, 4.69) is 15.3 Å². The van der Waals surface area contributed by atoms with Gasteiger partial charge in [-0.15, -0.1) is 0 Å². The van der Waals surface area contributed by atoms with E-state index in [0.29, 0.717) is 5.54 Å². The van der Waals surface area contributed by atoms with Gasteiger partial charge in [-0.05, 0) is 56.3 Å². The number of aromatic amines is 1. The van der Waals surface area contributed by atoms with E-state index in [1.165, 1.54) is 38.5 Å². The van der Waals surface area contributed by atoms with Gasteiger partial charge < -0.3 is 16.0 Å². The third-order valence-corrected chi connectivity index (χ3v) is 5.81. The number of nitrogens with zero attached hydrogens (tertiary/aromatic N) is 1. The number of H-pyrrole nitrogens is 1. The molecule has 4 nitrogen and oxygen atoms in total. The minimum absolute atomic E-state index is 0.184. The second-order valence-electron chi connectivity index (χ2n) is 7.62. The molecule has 1 heterocycles. The van der Waals surface area contributed by atoms with Crippen molar-refractivity contribution in [3.63, 3.8) is 0 Å². The Labute approximate surface area is 120 Å². The summed E-state index contributed by atoms with van der Waals surface area (Å²) in [4.78, 5) is 7.20. The number of rotatable bonds is 5. The molecular formula is C16H26N4. The molecule has 4 fully saturated rings. The van der Waals surface area contributed by atoms with E-state index in [9.17, 15) is 0 Å². The van der Waals surface area contributed by atoms with E-state index in [1.807, 2.05) is 6.20 Å². The maximum absolute atomic E-state index is 6.28. The van der Waals surface area contributed by atoms with Gasteiger partial charge in [0.15, 0.2) is 0 Å². The maximum atomic E-state index is 6.28. The molecule has 0 saturated heterocycles. The average Bonchev–Trinajstić information content (AvgIpc) is 2.88. The van der Waals surface area contributed by atoms with Crippen molar-refractivity contribution in [2.75, 3.05) is 6.54 Å². The van der Waals surface area contributed by atoms with Crippen LogP contribution in [0.15, 0.2) is 12.5 Å². The molecule has 0 spiro atoms. The van der Waals surface area contributed by atoms with Crippen LogP contribution in [0.5, 0.6) is 0 Å². The third-order valence-electron chi connectivity index (χ3n) is 5.81. The zero-order valence-corrected chi connectivity index (χ0v) is 12.1. The minimum atomic E-state index is 0.184. The Balaban J connectivity index is 1.35. The summed E-state index contributed by atoms with van der Waals surface area (Å²) >= 11 is 0. The fourth-order valence-electron chi connectivity index (χ4n) is 5.43. The van der Waals surface area contributed by atoms with Crippen LogP contribution in [0.4, 0.5) is 0 Å². The molecule has 1 aromatic heterocycles. The molecule has 5 rings (SSSR count). The fraction of sp³-hybridized carbons (Fsp3) is 0.812. The molecule has 0 aliphatic heterocycles. The number of imidazole rings is 1. The first-order valence-corrected chi connectivity index (χ1v) is 8.19. The number of nitrogens with one attached hydrogen (secondary N) is 2. The van der Waals surface area contributed by atoms with Crippen molar-refractivity contribution >= 4 is 0 Å². The lowest BCUT2D eigenvalue weighted by atomic mass is 9.53. The zero-order chi connectivity index (χ0) is 13.6. The molecule has 4 heteroatoms. The van der Waals surface area contributed by atoms with Crippen molar-refractivity contribution in [1.82, 2.24) is 15.3 Å². The second kappa shape index (κ2) is 4.85. The summed E-state index contributed by atoms with van der Waals surface area (Å²) in [7, 11) is 0. The predicted molar refractivity (Wildman–Crippen MR) is 79.2 cm³/mol. The standard InChI is InChI=1S/C16H26N4/c17-14(4-15-9-18-10-19-15)8-20-16-5-11-1-12(6-16)3-13(2-11)7-16/h9-14,20H,1-8,17H2,(H,18,19)/t11?,12?,13?,14-,16?/m1/s1. The number of hydrogen-bond donors (Lipinski definition) is 3. The van der Waals surface area contributed by atoms with Gasteiger partial charge in [-0.25, -0.2) is 4.98 Å². The minimum Gasteiger partial charge on any atom is -0.348 e. The van der Waals surface area contributed by atoms with Crippen molar-refractivity contribution in [3.05, 3.63) is 18.2 Å². The highest BCUT2D eigenvalue weighted by Crippen LogP contribution is 2.55. The van der Waals surface area contributed by atoms with Crippen LogP contribution in [0.2, 0.25) is 0 Å². The highest BCUT2D eigenvalue weighted by atomic mass is 15.0. The molecule has 4 aliphatic carbocycles. The molecule has 0 amide bonds. The van der Waals surface area contributed by atoms with Gasteiger partial charge in [0.05, 0.1) is 6.33 Å².